The van der Waals surface area contributed by atoms with Crippen molar-refractivity contribution in [2.75, 3.05) is 26.3 Å². The number of benzene rings is 3. The zero-order valence-corrected chi connectivity index (χ0v) is 22.0. The molecule has 0 spiro atoms. The van der Waals surface area contributed by atoms with Crippen LogP contribution < -0.4 is 9.47 Å². The molecule has 2 N–H and O–H groups in total. The van der Waals surface area contributed by atoms with Crippen molar-refractivity contribution < 1.29 is 19.7 Å². The van der Waals surface area contributed by atoms with Crippen LogP contribution in [0.15, 0.2) is 66.7 Å². The summed E-state index contributed by atoms with van der Waals surface area (Å²) in [5.74, 6) is 2.06. The first-order valence-corrected chi connectivity index (χ1v) is 13.7. The predicted molar refractivity (Wildman–Crippen MR) is 147 cm³/mol. The Kier molecular flexibility index (Phi) is 7.61. The number of phenolic OH excluding ortho intramolecular Hbond substituents is 2. The number of rotatable bonds is 8. The third-order valence-corrected chi connectivity index (χ3v) is 8.26. The number of hydrogen-bond acceptors (Lipinski definition) is 5. The summed E-state index contributed by atoms with van der Waals surface area (Å²) >= 11 is 0. The van der Waals surface area contributed by atoms with Gasteiger partial charge in [0, 0.05) is 29.0 Å². The summed E-state index contributed by atoms with van der Waals surface area (Å²) in [7, 11) is 0. The van der Waals surface area contributed by atoms with Gasteiger partial charge in [0.2, 0.25) is 0 Å². The summed E-state index contributed by atoms with van der Waals surface area (Å²) < 4.78 is 12.3. The molecule has 0 saturated carbocycles. The van der Waals surface area contributed by atoms with Crippen molar-refractivity contribution in [2.45, 2.75) is 63.3 Å². The Morgan fingerprint density at radius 3 is 2.46 bits per heavy atom. The number of unbranched alkanes of at least 4 members (excludes halogenated alkanes) is 1. The minimum atomic E-state index is -0.356. The molecule has 0 aromatic heterocycles. The highest BCUT2D eigenvalue weighted by molar-refractivity contribution is 5.53. The van der Waals surface area contributed by atoms with Crippen molar-refractivity contribution in [2.24, 2.45) is 0 Å². The Morgan fingerprint density at radius 1 is 0.946 bits per heavy atom. The molecule has 37 heavy (non-hydrogen) atoms. The van der Waals surface area contributed by atoms with Crippen LogP contribution in [0.3, 0.4) is 0 Å². The van der Waals surface area contributed by atoms with E-state index in [0.717, 1.165) is 42.0 Å². The topological polar surface area (TPSA) is 62.2 Å². The second kappa shape index (κ2) is 11.1. The van der Waals surface area contributed by atoms with Gasteiger partial charge in [0.25, 0.3) is 0 Å². The normalized spacial score (nSPS) is 23.7. The van der Waals surface area contributed by atoms with Gasteiger partial charge in [-0.3, -0.25) is 0 Å². The number of likely N-dealkylation sites (tertiary alicyclic amines) is 1. The lowest BCUT2D eigenvalue weighted by Crippen LogP contribution is -2.40. The fourth-order valence-corrected chi connectivity index (χ4v) is 6.03. The van der Waals surface area contributed by atoms with Crippen LogP contribution in [0.5, 0.6) is 23.0 Å². The Hall–Kier alpha value is -3.18. The largest absolute Gasteiger partial charge is 0.508 e. The van der Waals surface area contributed by atoms with Gasteiger partial charge in [-0.15, -0.1) is 0 Å². The number of fused-ring (bicyclic) bond motifs is 1. The standard InChI is InChI=1S/C32H39NO4/c1-23-7-3-4-18-33(23)19-5-6-20-36-28-15-8-24(9-16-28)31-29-17-14-27(35)21-30(29)37-22-32(31,2)25-10-12-26(34)13-11-25/h8-17,21,23,31,34-35H,3-7,18-20,22H2,1-2H3/t23?,31-,32-/m1/s1. The van der Waals surface area contributed by atoms with Crippen molar-refractivity contribution in [1.82, 2.24) is 4.90 Å². The Morgan fingerprint density at radius 2 is 1.70 bits per heavy atom. The lowest BCUT2D eigenvalue weighted by Gasteiger charge is -2.43. The van der Waals surface area contributed by atoms with E-state index in [-0.39, 0.29) is 22.8 Å². The van der Waals surface area contributed by atoms with E-state index >= 15 is 0 Å². The van der Waals surface area contributed by atoms with Crippen LogP contribution in [0.1, 0.15) is 68.6 Å². The number of ether oxygens (including phenoxy) is 2. The molecule has 1 saturated heterocycles. The second-order valence-electron chi connectivity index (χ2n) is 10.9. The fraction of sp³-hybridized carbons (Fsp3) is 0.438. The summed E-state index contributed by atoms with van der Waals surface area (Å²) in [4.78, 5) is 2.62. The van der Waals surface area contributed by atoms with Crippen LogP contribution in [-0.4, -0.2) is 47.5 Å². The number of piperidine rings is 1. The van der Waals surface area contributed by atoms with Crippen LogP contribution in [0.2, 0.25) is 0 Å². The summed E-state index contributed by atoms with van der Waals surface area (Å²) in [5, 5.41) is 19.9. The van der Waals surface area contributed by atoms with Gasteiger partial charge in [0.15, 0.2) is 0 Å². The van der Waals surface area contributed by atoms with E-state index in [2.05, 4.69) is 43.0 Å². The first-order chi connectivity index (χ1) is 17.9. The molecule has 0 aliphatic carbocycles. The lowest BCUT2D eigenvalue weighted by molar-refractivity contribution is 0.154. The number of hydrogen-bond donors (Lipinski definition) is 2. The molecule has 5 heteroatoms. The Bertz CT molecular complexity index is 1180. The fourth-order valence-electron chi connectivity index (χ4n) is 6.03. The van der Waals surface area contributed by atoms with Gasteiger partial charge >= 0.3 is 0 Å². The first kappa shape index (κ1) is 25.5. The summed E-state index contributed by atoms with van der Waals surface area (Å²) in [6.07, 6.45) is 6.25. The van der Waals surface area contributed by atoms with E-state index in [1.54, 1.807) is 24.3 Å². The van der Waals surface area contributed by atoms with Crippen LogP contribution in [0.4, 0.5) is 0 Å². The molecule has 0 bridgehead atoms. The van der Waals surface area contributed by atoms with E-state index < -0.39 is 0 Å². The molecule has 1 fully saturated rings. The number of phenols is 2. The summed E-state index contributed by atoms with van der Waals surface area (Å²) in [5.41, 5.74) is 2.95. The molecular weight excluding hydrogens is 462 g/mol. The molecular formula is C32H39NO4. The molecule has 2 aliphatic rings. The van der Waals surface area contributed by atoms with E-state index in [9.17, 15) is 10.2 Å². The van der Waals surface area contributed by atoms with Gasteiger partial charge in [-0.25, -0.2) is 0 Å². The molecule has 3 aromatic rings. The minimum Gasteiger partial charge on any atom is -0.508 e. The quantitative estimate of drug-likeness (QED) is 0.340. The third kappa shape index (κ3) is 5.57. The van der Waals surface area contributed by atoms with E-state index in [1.807, 2.05) is 18.2 Å². The molecule has 3 atom stereocenters. The molecule has 0 amide bonds. The maximum Gasteiger partial charge on any atom is 0.126 e. The van der Waals surface area contributed by atoms with Crippen LogP contribution in [0.25, 0.3) is 0 Å². The van der Waals surface area contributed by atoms with Gasteiger partial charge in [0.05, 0.1) is 13.2 Å². The predicted octanol–water partition coefficient (Wildman–Crippen LogP) is 6.61. The van der Waals surface area contributed by atoms with Gasteiger partial charge in [-0.05, 0) is 87.2 Å². The van der Waals surface area contributed by atoms with Crippen molar-refractivity contribution in [3.8, 4) is 23.0 Å². The smallest absolute Gasteiger partial charge is 0.126 e. The Labute approximate surface area is 220 Å². The van der Waals surface area contributed by atoms with Crippen LogP contribution >= 0.6 is 0 Å². The van der Waals surface area contributed by atoms with Crippen molar-refractivity contribution in [1.29, 1.82) is 0 Å². The van der Waals surface area contributed by atoms with E-state index in [0.29, 0.717) is 18.4 Å². The molecule has 5 nitrogen and oxygen atoms in total. The first-order valence-electron chi connectivity index (χ1n) is 13.7. The molecule has 2 aliphatic heterocycles. The van der Waals surface area contributed by atoms with Crippen molar-refractivity contribution in [3.63, 3.8) is 0 Å². The highest BCUT2D eigenvalue weighted by atomic mass is 16.5. The molecule has 1 unspecified atom stereocenters. The lowest BCUT2D eigenvalue weighted by atomic mass is 9.65. The summed E-state index contributed by atoms with van der Waals surface area (Å²) in [6.45, 7) is 8.15. The molecule has 3 aromatic carbocycles. The molecule has 196 valence electrons. The molecule has 2 heterocycles. The molecule has 5 rings (SSSR count). The monoisotopic (exact) mass is 501 g/mol. The zero-order chi connectivity index (χ0) is 25.8. The average Bonchev–Trinajstić information content (AvgIpc) is 2.90. The minimum absolute atomic E-state index is 0.0157. The Balaban J connectivity index is 1.29. The van der Waals surface area contributed by atoms with Gasteiger partial charge in [-0.1, -0.05) is 43.7 Å². The van der Waals surface area contributed by atoms with Crippen molar-refractivity contribution >= 4 is 0 Å². The highest BCUT2D eigenvalue weighted by Gasteiger charge is 2.43. The SMILES string of the molecule is CC1CCCCN1CCCCOc1ccc([C@@H]2c3ccc(O)cc3OC[C@]2(C)c2ccc(O)cc2)cc1. The number of nitrogens with zero attached hydrogens (tertiary/aromatic N) is 1. The maximum atomic E-state index is 10.0. The molecule has 0 radical (unpaired) electrons. The number of aromatic hydroxyl groups is 2. The van der Waals surface area contributed by atoms with Gasteiger partial charge in [-0.2, -0.15) is 0 Å². The third-order valence-electron chi connectivity index (χ3n) is 8.26. The maximum absolute atomic E-state index is 10.0. The van der Waals surface area contributed by atoms with Crippen LogP contribution in [0, 0.1) is 0 Å². The highest BCUT2D eigenvalue weighted by Crippen LogP contribution is 2.50. The van der Waals surface area contributed by atoms with Crippen molar-refractivity contribution in [3.05, 3.63) is 83.4 Å². The summed E-state index contributed by atoms with van der Waals surface area (Å²) in [6, 6.07) is 21.9. The average molecular weight is 502 g/mol. The zero-order valence-electron chi connectivity index (χ0n) is 22.0. The van der Waals surface area contributed by atoms with E-state index in [1.165, 1.54) is 32.2 Å². The van der Waals surface area contributed by atoms with Gasteiger partial charge in [0.1, 0.15) is 23.0 Å². The van der Waals surface area contributed by atoms with E-state index in [4.69, 9.17) is 9.47 Å². The second-order valence-corrected chi connectivity index (χ2v) is 10.9. The van der Waals surface area contributed by atoms with Gasteiger partial charge < -0.3 is 24.6 Å². The van der Waals surface area contributed by atoms with Crippen LogP contribution in [-0.2, 0) is 5.41 Å².